The standard InChI is InChI=1S/C15H17Br3N2O/c1-3-12-14(18)13(20(4-2)19-12)9-21-15-10(8-16)6-5-7-11(15)17/h5-7H,3-4,8-9H2,1-2H3. The third-order valence-corrected chi connectivity index (χ3v) is 5.38. The number of aromatic nitrogens is 2. The molecule has 0 radical (unpaired) electrons. The Hall–Kier alpha value is -0.330. The van der Waals surface area contributed by atoms with Crippen LogP contribution in [0.3, 0.4) is 0 Å². The van der Waals surface area contributed by atoms with E-state index in [1.54, 1.807) is 0 Å². The highest BCUT2D eigenvalue weighted by molar-refractivity contribution is 9.11. The van der Waals surface area contributed by atoms with Gasteiger partial charge in [0.15, 0.2) is 0 Å². The van der Waals surface area contributed by atoms with Crippen LogP contribution in [0.4, 0.5) is 0 Å². The van der Waals surface area contributed by atoms with Gasteiger partial charge < -0.3 is 4.74 Å². The van der Waals surface area contributed by atoms with Crippen LogP contribution in [0.25, 0.3) is 0 Å². The van der Waals surface area contributed by atoms with E-state index < -0.39 is 0 Å². The molecule has 1 aromatic carbocycles. The summed E-state index contributed by atoms with van der Waals surface area (Å²) in [6, 6.07) is 6.05. The Balaban J connectivity index is 2.26. The molecule has 0 aliphatic rings. The first-order valence-electron chi connectivity index (χ1n) is 6.82. The van der Waals surface area contributed by atoms with Crippen LogP contribution in [0.2, 0.25) is 0 Å². The van der Waals surface area contributed by atoms with E-state index in [-0.39, 0.29) is 0 Å². The maximum absolute atomic E-state index is 6.06. The Morgan fingerprint density at radius 1 is 1.24 bits per heavy atom. The minimum absolute atomic E-state index is 0.490. The predicted octanol–water partition coefficient (Wildman–Crippen LogP) is 5.46. The first-order valence-corrected chi connectivity index (χ1v) is 9.53. The Kier molecular flexibility index (Phi) is 6.32. The zero-order valence-corrected chi connectivity index (χ0v) is 16.8. The summed E-state index contributed by atoms with van der Waals surface area (Å²) in [5.74, 6) is 0.878. The average molecular weight is 481 g/mol. The number of hydrogen-bond acceptors (Lipinski definition) is 2. The second-order valence-electron chi connectivity index (χ2n) is 4.53. The van der Waals surface area contributed by atoms with Crippen LogP contribution in [0.1, 0.15) is 30.8 Å². The molecule has 1 aromatic heterocycles. The second kappa shape index (κ2) is 7.79. The molecule has 2 aromatic rings. The highest BCUT2D eigenvalue weighted by atomic mass is 79.9. The first-order chi connectivity index (χ1) is 10.1. The van der Waals surface area contributed by atoms with Crippen LogP contribution in [0, 0.1) is 0 Å². The van der Waals surface area contributed by atoms with Gasteiger partial charge in [0.2, 0.25) is 0 Å². The van der Waals surface area contributed by atoms with Crippen molar-refractivity contribution in [1.82, 2.24) is 9.78 Å². The molecule has 0 amide bonds. The molecule has 0 N–H and O–H groups in total. The minimum Gasteiger partial charge on any atom is -0.486 e. The first kappa shape index (κ1) is 17.0. The molecule has 21 heavy (non-hydrogen) atoms. The SMILES string of the molecule is CCc1nn(CC)c(COc2c(Br)cccc2CBr)c1Br. The van der Waals surface area contributed by atoms with Crippen molar-refractivity contribution >= 4 is 47.8 Å². The molecule has 0 bridgehead atoms. The van der Waals surface area contributed by atoms with Gasteiger partial charge in [-0.1, -0.05) is 35.0 Å². The van der Waals surface area contributed by atoms with Crippen LogP contribution in [0.15, 0.2) is 27.1 Å². The molecule has 114 valence electrons. The summed E-state index contributed by atoms with van der Waals surface area (Å²) >= 11 is 10.7. The maximum atomic E-state index is 6.06. The highest BCUT2D eigenvalue weighted by Gasteiger charge is 2.16. The minimum atomic E-state index is 0.490. The lowest BCUT2D eigenvalue weighted by atomic mass is 10.2. The van der Waals surface area contributed by atoms with Gasteiger partial charge in [0, 0.05) is 17.4 Å². The largest absolute Gasteiger partial charge is 0.486 e. The Morgan fingerprint density at radius 3 is 2.62 bits per heavy atom. The number of aryl methyl sites for hydroxylation is 2. The molecule has 0 saturated heterocycles. The third kappa shape index (κ3) is 3.71. The maximum Gasteiger partial charge on any atom is 0.138 e. The van der Waals surface area contributed by atoms with Gasteiger partial charge in [-0.3, -0.25) is 4.68 Å². The highest BCUT2D eigenvalue weighted by Crippen LogP contribution is 2.32. The van der Waals surface area contributed by atoms with Crippen molar-refractivity contribution in [3.05, 3.63) is 44.1 Å². The normalized spacial score (nSPS) is 10.9. The van der Waals surface area contributed by atoms with E-state index in [1.165, 1.54) is 0 Å². The molecule has 0 aliphatic heterocycles. The number of alkyl halides is 1. The van der Waals surface area contributed by atoms with Gasteiger partial charge in [-0.2, -0.15) is 5.10 Å². The molecule has 3 nitrogen and oxygen atoms in total. The number of halogens is 3. The van der Waals surface area contributed by atoms with Gasteiger partial charge >= 0.3 is 0 Å². The van der Waals surface area contributed by atoms with Gasteiger partial charge in [-0.15, -0.1) is 0 Å². The van der Waals surface area contributed by atoms with E-state index >= 15 is 0 Å². The van der Waals surface area contributed by atoms with Crippen molar-refractivity contribution in [2.24, 2.45) is 0 Å². The average Bonchev–Trinajstić information content (AvgIpc) is 2.81. The van der Waals surface area contributed by atoms with Gasteiger partial charge in [0.25, 0.3) is 0 Å². The van der Waals surface area contributed by atoms with Gasteiger partial charge in [0.05, 0.1) is 20.3 Å². The fourth-order valence-electron chi connectivity index (χ4n) is 2.12. The van der Waals surface area contributed by atoms with E-state index in [2.05, 4.69) is 72.8 Å². The van der Waals surface area contributed by atoms with Crippen LogP contribution >= 0.6 is 47.8 Å². The number of para-hydroxylation sites is 1. The molecule has 6 heteroatoms. The summed E-state index contributed by atoms with van der Waals surface area (Å²) in [7, 11) is 0. The number of rotatable bonds is 6. The van der Waals surface area contributed by atoms with Crippen molar-refractivity contribution < 1.29 is 4.74 Å². The fraction of sp³-hybridized carbons (Fsp3) is 0.400. The monoisotopic (exact) mass is 478 g/mol. The van der Waals surface area contributed by atoms with Gasteiger partial charge in [-0.25, -0.2) is 0 Å². The van der Waals surface area contributed by atoms with Crippen molar-refractivity contribution in [3.8, 4) is 5.75 Å². The molecule has 0 atom stereocenters. The van der Waals surface area contributed by atoms with E-state index in [0.717, 1.165) is 49.9 Å². The van der Waals surface area contributed by atoms with E-state index in [0.29, 0.717) is 6.61 Å². The number of hydrogen-bond donors (Lipinski definition) is 0. The molecular formula is C15H17Br3N2O. The summed E-state index contributed by atoms with van der Waals surface area (Å²) in [5.41, 5.74) is 3.27. The molecular weight excluding hydrogens is 464 g/mol. The Labute approximate surface area is 150 Å². The zero-order chi connectivity index (χ0) is 15.4. The van der Waals surface area contributed by atoms with Crippen LogP contribution < -0.4 is 4.74 Å². The van der Waals surface area contributed by atoms with Gasteiger partial charge in [0.1, 0.15) is 12.4 Å². The predicted molar refractivity (Wildman–Crippen MR) is 96.1 cm³/mol. The van der Waals surface area contributed by atoms with Crippen molar-refractivity contribution in [2.45, 2.75) is 38.8 Å². The molecule has 0 fully saturated rings. The third-order valence-electron chi connectivity index (χ3n) is 3.24. The van der Waals surface area contributed by atoms with Crippen LogP contribution in [0.5, 0.6) is 5.75 Å². The number of nitrogens with zero attached hydrogens (tertiary/aromatic N) is 2. The number of benzene rings is 1. The van der Waals surface area contributed by atoms with Crippen molar-refractivity contribution in [2.75, 3.05) is 0 Å². The molecule has 1 heterocycles. The fourth-order valence-corrected chi connectivity index (χ4v) is 3.76. The number of ether oxygens (including phenoxy) is 1. The summed E-state index contributed by atoms with van der Waals surface area (Å²) in [4.78, 5) is 0. The summed E-state index contributed by atoms with van der Waals surface area (Å²) < 4.78 is 10.1. The van der Waals surface area contributed by atoms with Crippen LogP contribution in [-0.2, 0) is 24.9 Å². The van der Waals surface area contributed by atoms with E-state index in [9.17, 15) is 0 Å². The van der Waals surface area contributed by atoms with Gasteiger partial charge in [-0.05, 0) is 51.3 Å². The van der Waals surface area contributed by atoms with E-state index in [1.807, 2.05) is 16.8 Å². The molecule has 0 saturated carbocycles. The quantitative estimate of drug-likeness (QED) is 0.513. The lowest BCUT2D eigenvalue weighted by molar-refractivity contribution is 0.288. The lowest BCUT2D eigenvalue weighted by Gasteiger charge is -2.13. The summed E-state index contributed by atoms with van der Waals surface area (Å²) in [6.07, 6.45) is 0.905. The van der Waals surface area contributed by atoms with Crippen molar-refractivity contribution in [3.63, 3.8) is 0 Å². The molecule has 2 rings (SSSR count). The van der Waals surface area contributed by atoms with Crippen molar-refractivity contribution in [1.29, 1.82) is 0 Å². The molecule has 0 unspecified atom stereocenters. The van der Waals surface area contributed by atoms with Crippen LogP contribution in [-0.4, -0.2) is 9.78 Å². The van der Waals surface area contributed by atoms with E-state index in [4.69, 9.17) is 4.74 Å². The topological polar surface area (TPSA) is 27.1 Å². The Morgan fingerprint density at radius 2 is 2.00 bits per heavy atom. The molecule has 0 aliphatic carbocycles. The summed E-state index contributed by atoms with van der Waals surface area (Å²) in [6.45, 7) is 5.52. The summed E-state index contributed by atoms with van der Waals surface area (Å²) in [5, 5.41) is 5.35. The zero-order valence-electron chi connectivity index (χ0n) is 12.0. The smallest absolute Gasteiger partial charge is 0.138 e. The lowest BCUT2D eigenvalue weighted by Crippen LogP contribution is -2.07. The molecule has 0 spiro atoms. The second-order valence-corrected chi connectivity index (χ2v) is 6.74. The Bertz CT molecular complexity index is 626.